The highest BCUT2D eigenvalue weighted by atomic mass is 16.5. The number of rotatable bonds is 4. The summed E-state index contributed by atoms with van der Waals surface area (Å²) in [7, 11) is 0. The molecule has 120 valence electrons. The molecule has 0 radical (unpaired) electrons. The number of carbonyl (C=O) groups excluding carboxylic acids is 1. The first kappa shape index (κ1) is 15.5. The van der Waals surface area contributed by atoms with Gasteiger partial charge in [-0.05, 0) is 44.0 Å². The van der Waals surface area contributed by atoms with Gasteiger partial charge < -0.3 is 9.64 Å². The lowest BCUT2D eigenvalue weighted by molar-refractivity contribution is 0.0633. The first-order chi connectivity index (χ1) is 11.2. The van der Waals surface area contributed by atoms with Crippen molar-refractivity contribution < 1.29 is 9.53 Å². The average Bonchev–Trinajstić information content (AvgIpc) is 2.61. The summed E-state index contributed by atoms with van der Waals surface area (Å²) in [5.74, 6) is 1.37. The number of aromatic nitrogens is 1. The summed E-state index contributed by atoms with van der Waals surface area (Å²) in [6, 6.07) is 11.6. The largest absolute Gasteiger partial charge is 0.493 e. The second kappa shape index (κ2) is 7.27. The molecule has 1 fully saturated rings. The quantitative estimate of drug-likeness (QED) is 0.870. The smallest absolute Gasteiger partial charge is 0.253 e. The van der Waals surface area contributed by atoms with Crippen molar-refractivity contribution in [3.8, 4) is 5.75 Å². The van der Waals surface area contributed by atoms with Crippen LogP contribution < -0.4 is 4.74 Å². The van der Waals surface area contributed by atoms with Gasteiger partial charge in [-0.15, -0.1) is 0 Å². The number of hydrogen-bond donors (Lipinski definition) is 0. The number of aryl methyl sites for hydroxylation is 1. The fourth-order valence-electron chi connectivity index (χ4n) is 2.91. The Labute approximate surface area is 137 Å². The molecule has 0 N–H and O–H groups in total. The first-order valence-corrected chi connectivity index (χ1v) is 8.11. The summed E-state index contributed by atoms with van der Waals surface area (Å²) in [5, 5.41) is 0. The standard InChI is InChI=1S/C19H22N2O2/c1-15-4-6-18(7-5-15)23-14-16-3-2-12-21(13-16)19(22)17-8-10-20-11-9-17/h4-11,16H,2-3,12-14H2,1H3. The molecule has 0 spiro atoms. The maximum absolute atomic E-state index is 12.5. The van der Waals surface area contributed by atoms with Crippen LogP contribution >= 0.6 is 0 Å². The van der Waals surface area contributed by atoms with E-state index in [2.05, 4.69) is 24.0 Å². The minimum Gasteiger partial charge on any atom is -0.493 e. The van der Waals surface area contributed by atoms with Gasteiger partial charge in [-0.2, -0.15) is 0 Å². The van der Waals surface area contributed by atoms with Gasteiger partial charge in [0.25, 0.3) is 5.91 Å². The Bertz CT molecular complexity index is 640. The maximum atomic E-state index is 12.5. The molecular weight excluding hydrogens is 288 g/mol. The summed E-state index contributed by atoms with van der Waals surface area (Å²) in [6.07, 6.45) is 5.45. The lowest BCUT2D eigenvalue weighted by atomic mass is 9.98. The van der Waals surface area contributed by atoms with Crippen LogP contribution in [0.15, 0.2) is 48.8 Å². The third kappa shape index (κ3) is 4.09. The molecule has 3 rings (SSSR count). The number of benzene rings is 1. The van der Waals surface area contributed by atoms with Crippen LogP contribution in [0, 0.1) is 12.8 Å². The number of nitrogens with zero attached hydrogens (tertiary/aromatic N) is 2. The third-order valence-electron chi connectivity index (χ3n) is 4.24. The predicted octanol–water partition coefficient (Wildman–Crippen LogP) is 3.32. The summed E-state index contributed by atoms with van der Waals surface area (Å²) in [5.41, 5.74) is 1.93. The molecule has 23 heavy (non-hydrogen) atoms. The average molecular weight is 310 g/mol. The van der Waals surface area contributed by atoms with E-state index in [1.165, 1.54) is 5.56 Å². The molecule has 1 aromatic carbocycles. The molecule has 1 aromatic heterocycles. The normalized spacial score (nSPS) is 17.8. The van der Waals surface area contributed by atoms with E-state index in [0.717, 1.165) is 31.7 Å². The van der Waals surface area contributed by atoms with E-state index in [4.69, 9.17) is 4.74 Å². The maximum Gasteiger partial charge on any atom is 0.253 e. The van der Waals surface area contributed by atoms with Crippen LogP contribution in [0.4, 0.5) is 0 Å². The van der Waals surface area contributed by atoms with Gasteiger partial charge in [0.15, 0.2) is 0 Å². The highest BCUT2D eigenvalue weighted by Gasteiger charge is 2.24. The fraction of sp³-hybridized carbons (Fsp3) is 0.368. The first-order valence-electron chi connectivity index (χ1n) is 8.11. The Hall–Kier alpha value is -2.36. The SMILES string of the molecule is Cc1ccc(OCC2CCCN(C(=O)c3ccncc3)C2)cc1. The molecule has 1 unspecified atom stereocenters. The molecular formula is C19H22N2O2. The van der Waals surface area contributed by atoms with Crippen molar-refractivity contribution in [3.05, 3.63) is 59.9 Å². The lowest BCUT2D eigenvalue weighted by Crippen LogP contribution is -2.41. The number of amides is 1. The van der Waals surface area contributed by atoms with Gasteiger partial charge in [-0.1, -0.05) is 17.7 Å². The van der Waals surface area contributed by atoms with Gasteiger partial charge in [0.05, 0.1) is 6.61 Å². The van der Waals surface area contributed by atoms with Crippen molar-refractivity contribution in [2.45, 2.75) is 19.8 Å². The van der Waals surface area contributed by atoms with E-state index in [-0.39, 0.29) is 5.91 Å². The molecule has 1 saturated heterocycles. The molecule has 0 aliphatic carbocycles. The highest BCUT2D eigenvalue weighted by Crippen LogP contribution is 2.20. The third-order valence-corrected chi connectivity index (χ3v) is 4.24. The Kier molecular flexibility index (Phi) is 4.91. The predicted molar refractivity (Wildman–Crippen MR) is 89.5 cm³/mol. The van der Waals surface area contributed by atoms with E-state index in [1.54, 1.807) is 24.5 Å². The van der Waals surface area contributed by atoms with Crippen LogP contribution in [0.1, 0.15) is 28.8 Å². The molecule has 0 saturated carbocycles. The van der Waals surface area contributed by atoms with Crippen LogP contribution in [0.3, 0.4) is 0 Å². The van der Waals surface area contributed by atoms with E-state index < -0.39 is 0 Å². The van der Waals surface area contributed by atoms with Gasteiger partial charge in [-0.25, -0.2) is 0 Å². The Morgan fingerprint density at radius 1 is 1.22 bits per heavy atom. The fourth-order valence-corrected chi connectivity index (χ4v) is 2.91. The number of ether oxygens (including phenoxy) is 1. The summed E-state index contributed by atoms with van der Waals surface area (Å²) >= 11 is 0. The number of pyridine rings is 1. The van der Waals surface area contributed by atoms with Crippen molar-refractivity contribution in [1.82, 2.24) is 9.88 Å². The molecule has 4 nitrogen and oxygen atoms in total. The van der Waals surface area contributed by atoms with Crippen molar-refractivity contribution in [1.29, 1.82) is 0 Å². The Morgan fingerprint density at radius 2 is 1.96 bits per heavy atom. The zero-order valence-corrected chi connectivity index (χ0v) is 13.4. The molecule has 1 aliphatic heterocycles. The van der Waals surface area contributed by atoms with Crippen molar-refractivity contribution in [3.63, 3.8) is 0 Å². The van der Waals surface area contributed by atoms with E-state index in [9.17, 15) is 4.79 Å². The van der Waals surface area contributed by atoms with Crippen LogP contribution in [-0.2, 0) is 0 Å². The van der Waals surface area contributed by atoms with Gasteiger partial charge in [0.2, 0.25) is 0 Å². The second-order valence-electron chi connectivity index (χ2n) is 6.12. The minimum atomic E-state index is 0.0902. The molecule has 0 bridgehead atoms. The monoisotopic (exact) mass is 310 g/mol. The topological polar surface area (TPSA) is 42.4 Å². The van der Waals surface area contributed by atoms with Crippen LogP contribution in [0.2, 0.25) is 0 Å². The van der Waals surface area contributed by atoms with Crippen molar-refractivity contribution in [2.24, 2.45) is 5.92 Å². The van der Waals surface area contributed by atoms with Crippen LogP contribution in [0.5, 0.6) is 5.75 Å². The van der Waals surface area contributed by atoms with Crippen molar-refractivity contribution >= 4 is 5.91 Å². The summed E-state index contributed by atoms with van der Waals surface area (Å²) in [6.45, 7) is 4.30. The molecule has 2 heterocycles. The molecule has 4 heteroatoms. The molecule has 1 aliphatic rings. The Balaban J connectivity index is 1.56. The lowest BCUT2D eigenvalue weighted by Gasteiger charge is -2.32. The molecule has 2 aromatic rings. The van der Waals surface area contributed by atoms with E-state index in [0.29, 0.717) is 18.1 Å². The van der Waals surface area contributed by atoms with Crippen LogP contribution in [0.25, 0.3) is 0 Å². The van der Waals surface area contributed by atoms with Crippen molar-refractivity contribution in [2.75, 3.05) is 19.7 Å². The summed E-state index contributed by atoms with van der Waals surface area (Å²) < 4.78 is 5.89. The molecule has 1 amide bonds. The zero-order chi connectivity index (χ0) is 16.1. The van der Waals surface area contributed by atoms with E-state index >= 15 is 0 Å². The molecule has 1 atom stereocenters. The number of piperidine rings is 1. The number of likely N-dealkylation sites (tertiary alicyclic amines) is 1. The number of carbonyl (C=O) groups is 1. The van der Waals surface area contributed by atoms with Gasteiger partial charge >= 0.3 is 0 Å². The Morgan fingerprint density at radius 3 is 2.70 bits per heavy atom. The van der Waals surface area contributed by atoms with Gasteiger partial charge in [0, 0.05) is 37.0 Å². The van der Waals surface area contributed by atoms with Crippen LogP contribution in [-0.4, -0.2) is 35.5 Å². The zero-order valence-electron chi connectivity index (χ0n) is 13.4. The van der Waals surface area contributed by atoms with Gasteiger partial charge in [0.1, 0.15) is 5.75 Å². The van der Waals surface area contributed by atoms with Gasteiger partial charge in [-0.3, -0.25) is 9.78 Å². The summed E-state index contributed by atoms with van der Waals surface area (Å²) in [4.78, 5) is 18.4. The highest BCUT2D eigenvalue weighted by molar-refractivity contribution is 5.94. The second-order valence-corrected chi connectivity index (χ2v) is 6.12. The van der Waals surface area contributed by atoms with E-state index in [1.807, 2.05) is 17.0 Å². The minimum absolute atomic E-state index is 0.0902. The number of hydrogen-bond acceptors (Lipinski definition) is 3.